The summed E-state index contributed by atoms with van der Waals surface area (Å²) in [6.45, 7) is 23.5. The van der Waals surface area contributed by atoms with E-state index < -0.39 is 197 Å². The molecule has 562 valence electrons. The molecule has 0 aliphatic carbocycles. The fraction of sp³-hybridized carbons (Fsp3) is 0.757. The van der Waals surface area contributed by atoms with Crippen molar-refractivity contribution in [1.29, 1.82) is 0 Å². The van der Waals surface area contributed by atoms with Gasteiger partial charge in [-0.1, -0.05) is 70.4 Å². The molecule has 0 aromatic rings. The third-order valence-corrected chi connectivity index (χ3v) is 18.7. The smallest absolute Gasteiger partial charge is 0.334 e. The standard InChI is InChI=1S/C70H114O28/c1-13-69(11,97-66-58(84)53(79)50(76)45(32-71)92-66)28-18-26-37(4)21-15-20-36(3)23-17-25-40(7)34-88-64-60(86)61(49(75)43(10)90-64)96-65-57(83)55(81)52(78)47(94-65)35-89-68-62(56(82)48(74)42(9)91-68)95-63(87)41(8)31-44(73)30-39(6)24-16-22-38(5)27-19-29-70(12,14-2)98-67-59(85)54(80)51(77)46(33-72)93-67/h13-14,20,24-27,31,42-62,64-68,71-86H,1-2,15-19,21-23,28-30,32-35H2,3-12H3/b36-20+,37-26+,38-27+,39-24+,40-25-,41-31+/t42-,43-,44+,45+,46+,47+,48-,49-,50+,51+,52+,53-,54-,55-,56+,57+,58+,59+,60+,61+,62+,64+,65-,66-,67-,68+,69+,70+/m0/s1. The zero-order valence-corrected chi connectivity index (χ0v) is 58.2. The highest BCUT2D eigenvalue weighted by Gasteiger charge is 2.53. The van der Waals surface area contributed by atoms with E-state index in [2.05, 4.69) is 25.3 Å². The van der Waals surface area contributed by atoms with Crippen LogP contribution in [0.25, 0.3) is 0 Å². The number of hydrogen-bond donors (Lipinski definition) is 16. The molecule has 16 N–H and O–H groups in total. The minimum absolute atomic E-state index is 0.0256. The second kappa shape index (κ2) is 39.8. The van der Waals surface area contributed by atoms with Gasteiger partial charge in [0.15, 0.2) is 37.6 Å². The lowest BCUT2D eigenvalue weighted by molar-refractivity contribution is -0.362. The minimum Gasteiger partial charge on any atom is -0.451 e. The number of aliphatic hydroxyl groups excluding tert-OH is 16. The van der Waals surface area contributed by atoms with Crippen molar-refractivity contribution in [3.63, 3.8) is 0 Å². The van der Waals surface area contributed by atoms with Gasteiger partial charge in [-0.2, -0.15) is 0 Å². The summed E-state index contributed by atoms with van der Waals surface area (Å²) in [7, 11) is 0. The summed E-state index contributed by atoms with van der Waals surface area (Å²) in [4.78, 5) is 13.5. The summed E-state index contributed by atoms with van der Waals surface area (Å²) in [5.74, 6) is -0.998. The lowest BCUT2D eigenvalue weighted by Gasteiger charge is -2.46. The SMILES string of the molecule is C=C[C@](C)(CC/C=C(\C)CC/C=C(\C)CC/C=C(/C)CO[C@@H]1O[C@@H](C)[C@H](O)[C@@H](O[C@@H]2O[C@H](CO[C@@H]3O[C@@H](C)[C@H](O)[C@@H](O)[C@H]3OC(=O)/C(C)=C/[C@H](O)C/C(C)=C/CC/C(C)=C/CC[C@@](C)(C=C)O[C@@H]3O[C@H](CO)[C@@H](O)[C@H](O)[C@H]3O)[C@@H](O)[C@H](O)[C@H]2O)[C@H]1O)O[C@@H]1O[C@H](CO)[C@@H](O)[C@H](O)[C@H]1O. The van der Waals surface area contributed by atoms with Crippen LogP contribution in [0.3, 0.4) is 0 Å². The summed E-state index contributed by atoms with van der Waals surface area (Å²) in [6, 6.07) is 0. The van der Waals surface area contributed by atoms with Crippen molar-refractivity contribution < 1.29 is 139 Å². The van der Waals surface area contributed by atoms with Gasteiger partial charge in [0.05, 0.1) is 55.9 Å². The molecule has 28 nitrogen and oxygen atoms in total. The summed E-state index contributed by atoms with van der Waals surface area (Å²) in [6.07, 6.45) is -17.6. The lowest BCUT2D eigenvalue weighted by Crippen LogP contribution is -2.64. The number of allylic oxidation sites excluding steroid dienone is 8. The fourth-order valence-corrected chi connectivity index (χ4v) is 11.8. The van der Waals surface area contributed by atoms with Crippen molar-refractivity contribution in [2.45, 2.75) is 311 Å². The van der Waals surface area contributed by atoms with E-state index in [1.807, 2.05) is 52.8 Å². The predicted molar refractivity (Wildman–Crippen MR) is 352 cm³/mol. The summed E-state index contributed by atoms with van der Waals surface area (Å²) < 4.78 is 64.0. The number of esters is 1. The van der Waals surface area contributed by atoms with Crippen LogP contribution in [-0.2, 0) is 56.9 Å². The van der Waals surface area contributed by atoms with Gasteiger partial charge in [-0.05, 0) is 146 Å². The van der Waals surface area contributed by atoms with Crippen LogP contribution in [0, 0.1) is 0 Å². The zero-order chi connectivity index (χ0) is 73.1. The number of rotatable bonds is 36. The van der Waals surface area contributed by atoms with Crippen molar-refractivity contribution in [3.05, 3.63) is 95.2 Å². The van der Waals surface area contributed by atoms with Crippen LogP contribution in [0.1, 0.15) is 140 Å². The predicted octanol–water partition coefficient (Wildman–Crippen LogP) is 0.910. The van der Waals surface area contributed by atoms with E-state index in [9.17, 15) is 86.5 Å². The Bertz CT molecular complexity index is 2660. The summed E-state index contributed by atoms with van der Waals surface area (Å²) >= 11 is 0. The van der Waals surface area contributed by atoms with E-state index in [1.165, 1.54) is 32.4 Å². The van der Waals surface area contributed by atoms with Crippen molar-refractivity contribution in [2.24, 2.45) is 0 Å². The first kappa shape index (κ1) is 85.0. The fourth-order valence-electron chi connectivity index (χ4n) is 11.8. The topological polar surface area (TPSA) is 442 Å². The maximum atomic E-state index is 13.5. The Hall–Kier alpha value is -3.65. The first-order valence-corrected chi connectivity index (χ1v) is 33.8. The van der Waals surface area contributed by atoms with Gasteiger partial charge in [0.1, 0.15) is 104 Å². The monoisotopic (exact) mass is 1400 g/mol. The molecule has 5 saturated heterocycles. The molecule has 0 saturated carbocycles. The lowest BCUT2D eigenvalue weighted by atomic mass is 9.96. The van der Waals surface area contributed by atoms with Crippen molar-refractivity contribution >= 4 is 5.97 Å². The molecule has 5 rings (SSSR count). The molecule has 0 unspecified atom stereocenters. The third-order valence-electron chi connectivity index (χ3n) is 18.7. The van der Waals surface area contributed by atoms with Crippen molar-refractivity contribution in [2.75, 3.05) is 26.4 Å². The first-order valence-electron chi connectivity index (χ1n) is 33.8. The van der Waals surface area contributed by atoms with Crippen LogP contribution < -0.4 is 0 Å². The van der Waals surface area contributed by atoms with Crippen LogP contribution in [-0.4, -0.2) is 285 Å². The number of ether oxygens (including phenoxy) is 11. The Morgan fingerprint density at radius 2 is 0.878 bits per heavy atom. The summed E-state index contributed by atoms with van der Waals surface area (Å²) in [5.41, 5.74) is 3.03. The number of hydrogen-bond acceptors (Lipinski definition) is 28. The molecule has 0 aromatic carbocycles. The molecule has 0 amide bonds. The average Bonchev–Trinajstić information content (AvgIpc) is 0.820. The van der Waals surface area contributed by atoms with Crippen LogP contribution in [0.15, 0.2) is 95.2 Å². The van der Waals surface area contributed by atoms with Crippen molar-refractivity contribution in [3.8, 4) is 0 Å². The van der Waals surface area contributed by atoms with Gasteiger partial charge in [0.2, 0.25) is 0 Å². The van der Waals surface area contributed by atoms with E-state index in [0.717, 1.165) is 41.6 Å². The van der Waals surface area contributed by atoms with Crippen LogP contribution in [0.4, 0.5) is 0 Å². The Labute approximate surface area is 574 Å². The summed E-state index contributed by atoms with van der Waals surface area (Å²) in [5, 5.41) is 169. The average molecular weight is 1400 g/mol. The highest BCUT2D eigenvalue weighted by Crippen LogP contribution is 2.35. The maximum absolute atomic E-state index is 13.5. The van der Waals surface area contributed by atoms with E-state index >= 15 is 0 Å². The normalized spacial score (nSPS) is 38.2. The Kier molecular flexibility index (Phi) is 34.6. The second-order valence-electron chi connectivity index (χ2n) is 27.2. The van der Waals surface area contributed by atoms with E-state index in [1.54, 1.807) is 26.0 Å². The van der Waals surface area contributed by atoms with E-state index in [0.29, 0.717) is 44.9 Å². The third kappa shape index (κ3) is 24.2. The Morgan fingerprint density at radius 1 is 0.459 bits per heavy atom. The molecule has 28 atom stereocenters. The molecule has 98 heavy (non-hydrogen) atoms. The van der Waals surface area contributed by atoms with E-state index in [4.69, 9.17) is 52.1 Å². The van der Waals surface area contributed by atoms with Gasteiger partial charge in [-0.15, -0.1) is 13.2 Å². The molecular formula is C70H114O28. The molecule has 28 heteroatoms. The second-order valence-corrected chi connectivity index (χ2v) is 27.2. The maximum Gasteiger partial charge on any atom is 0.334 e. The Balaban J connectivity index is 1.07. The molecule has 5 aliphatic rings. The molecule has 5 fully saturated rings. The molecule has 5 aliphatic heterocycles. The van der Waals surface area contributed by atoms with Crippen LogP contribution in [0.2, 0.25) is 0 Å². The molecular weight excluding hydrogens is 1290 g/mol. The molecule has 0 spiro atoms. The van der Waals surface area contributed by atoms with E-state index in [-0.39, 0.29) is 18.6 Å². The highest BCUT2D eigenvalue weighted by molar-refractivity contribution is 5.88. The minimum atomic E-state index is -1.92. The quantitative estimate of drug-likeness (QED) is 0.0235. The van der Waals surface area contributed by atoms with Gasteiger partial charge in [-0.3, -0.25) is 0 Å². The zero-order valence-electron chi connectivity index (χ0n) is 58.2. The van der Waals surface area contributed by atoms with Crippen molar-refractivity contribution in [1.82, 2.24) is 0 Å². The number of carbonyl (C=O) groups excluding carboxylic acids is 1. The first-order chi connectivity index (χ1) is 46.1. The van der Waals surface area contributed by atoms with Crippen LogP contribution >= 0.6 is 0 Å². The molecule has 0 bridgehead atoms. The van der Waals surface area contributed by atoms with Crippen LogP contribution in [0.5, 0.6) is 0 Å². The highest BCUT2D eigenvalue weighted by atomic mass is 16.8. The molecule has 5 heterocycles. The number of aliphatic hydroxyl groups is 16. The Morgan fingerprint density at radius 3 is 1.36 bits per heavy atom. The number of carbonyl (C=O) groups is 1. The van der Waals surface area contributed by atoms with Gasteiger partial charge in [0, 0.05) is 5.57 Å². The van der Waals surface area contributed by atoms with Gasteiger partial charge in [0.25, 0.3) is 0 Å². The van der Waals surface area contributed by atoms with Gasteiger partial charge < -0.3 is 134 Å². The van der Waals surface area contributed by atoms with Gasteiger partial charge >= 0.3 is 5.97 Å². The molecule has 0 radical (unpaired) electrons. The molecule has 0 aromatic heterocycles. The van der Waals surface area contributed by atoms with Gasteiger partial charge in [-0.25, -0.2) is 4.79 Å². The largest absolute Gasteiger partial charge is 0.451 e.